The van der Waals surface area contributed by atoms with E-state index in [4.69, 9.17) is 10.5 Å². The molecule has 0 radical (unpaired) electrons. The Morgan fingerprint density at radius 3 is 2.90 bits per heavy atom. The van der Waals surface area contributed by atoms with Gasteiger partial charge in [0, 0.05) is 24.2 Å². The molecule has 5 nitrogen and oxygen atoms in total. The molecule has 1 amide bonds. The van der Waals surface area contributed by atoms with E-state index in [1.807, 2.05) is 0 Å². The standard InChI is InChI=1S/C15H22N2O3/c1-20-14-8-11(16)6-7-12(14)15(19)17-9-10-4-2-3-5-13(10)18/h6-8,10,13,18H,2-5,9,16H2,1H3,(H,17,19). The first kappa shape index (κ1) is 14.7. The minimum atomic E-state index is -0.308. The van der Waals surface area contributed by atoms with Crippen molar-refractivity contribution < 1.29 is 14.6 Å². The van der Waals surface area contributed by atoms with Crippen LogP contribution in [0, 0.1) is 5.92 Å². The highest BCUT2D eigenvalue weighted by Crippen LogP contribution is 2.24. The van der Waals surface area contributed by atoms with Gasteiger partial charge in [-0.1, -0.05) is 12.8 Å². The summed E-state index contributed by atoms with van der Waals surface area (Å²) < 4.78 is 5.17. The fraction of sp³-hybridized carbons (Fsp3) is 0.533. The predicted molar refractivity (Wildman–Crippen MR) is 77.7 cm³/mol. The number of ether oxygens (including phenoxy) is 1. The van der Waals surface area contributed by atoms with Gasteiger partial charge in [-0.05, 0) is 25.0 Å². The number of rotatable bonds is 4. The highest BCUT2D eigenvalue weighted by Gasteiger charge is 2.23. The van der Waals surface area contributed by atoms with Crippen LogP contribution in [-0.2, 0) is 0 Å². The molecule has 2 rings (SSSR count). The van der Waals surface area contributed by atoms with E-state index in [9.17, 15) is 9.90 Å². The van der Waals surface area contributed by atoms with Crippen LogP contribution in [0.15, 0.2) is 18.2 Å². The molecule has 0 aliphatic heterocycles. The first-order valence-electron chi connectivity index (χ1n) is 7.01. The van der Waals surface area contributed by atoms with Gasteiger partial charge in [0.05, 0.1) is 18.8 Å². The third-order valence-corrected chi connectivity index (χ3v) is 3.86. The Morgan fingerprint density at radius 1 is 1.45 bits per heavy atom. The molecule has 4 N–H and O–H groups in total. The van der Waals surface area contributed by atoms with Gasteiger partial charge in [0.15, 0.2) is 0 Å². The molecule has 0 bridgehead atoms. The van der Waals surface area contributed by atoms with Crippen molar-refractivity contribution in [3.05, 3.63) is 23.8 Å². The Labute approximate surface area is 119 Å². The second-order valence-electron chi connectivity index (χ2n) is 5.28. The summed E-state index contributed by atoms with van der Waals surface area (Å²) in [7, 11) is 1.51. The molecular weight excluding hydrogens is 256 g/mol. The monoisotopic (exact) mass is 278 g/mol. The maximum absolute atomic E-state index is 12.2. The largest absolute Gasteiger partial charge is 0.496 e. The molecule has 1 fully saturated rings. The summed E-state index contributed by atoms with van der Waals surface area (Å²) in [6.45, 7) is 0.494. The summed E-state index contributed by atoms with van der Waals surface area (Å²) in [6.07, 6.45) is 3.66. The van der Waals surface area contributed by atoms with Crippen molar-refractivity contribution in [1.82, 2.24) is 5.32 Å². The van der Waals surface area contributed by atoms with Gasteiger partial charge in [-0.25, -0.2) is 0 Å². The Bertz CT molecular complexity index is 476. The van der Waals surface area contributed by atoms with Crippen LogP contribution in [0.25, 0.3) is 0 Å². The van der Waals surface area contributed by atoms with Crippen molar-refractivity contribution in [2.24, 2.45) is 5.92 Å². The minimum absolute atomic E-state index is 0.146. The zero-order valence-corrected chi connectivity index (χ0v) is 11.8. The van der Waals surface area contributed by atoms with E-state index in [1.165, 1.54) is 7.11 Å². The van der Waals surface area contributed by atoms with Crippen LogP contribution in [0.2, 0.25) is 0 Å². The quantitative estimate of drug-likeness (QED) is 0.730. The predicted octanol–water partition coefficient (Wildman–Crippen LogP) is 1.56. The first-order chi connectivity index (χ1) is 9.61. The molecule has 110 valence electrons. The maximum atomic E-state index is 12.2. The summed E-state index contributed by atoms with van der Waals surface area (Å²) in [5.41, 5.74) is 6.69. The van der Waals surface area contributed by atoms with Gasteiger partial charge in [0.2, 0.25) is 0 Å². The first-order valence-corrected chi connectivity index (χ1v) is 7.01. The third kappa shape index (κ3) is 3.42. The number of aliphatic hydroxyl groups is 1. The molecule has 5 heteroatoms. The highest BCUT2D eigenvalue weighted by atomic mass is 16.5. The summed E-state index contributed by atoms with van der Waals surface area (Å²) in [6, 6.07) is 4.96. The van der Waals surface area contributed by atoms with Gasteiger partial charge in [-0.2, -0.15) is 0 Å². The Kier molecular flexibility index (Phi) is 4.84. The summed E-state index contributed by atoms with van der Waals surface area (Å²) in [4.78, 5) is 12.2. The van der Waals surface area contributed by atoms with E-state index in [2.05, 4.69) is 5.32 Å². The molecule has 1 aliphatic carbocycles. The Balaban J connectivity index is 1.98. The topological polar surface area (TPSA) is 84.6 Å². The normalized spacial score (nSPS) is 22.3. The van der Waals surface area contributed by atoms with E-state index in [1.54, 1.807) is 18.2 Å². The van der Waals surface area contributed by atoms with Crippen LogP contribution in [0.5, 0.6) is 5.75 Å². The number of anilines is 1. The van der Waals surface area contributed by atoms with Gasteiger partial charge < -0.3 is 20.9 Å². The number of hydrogen-bond acceptors (Lipinski definition) is 4. The maximum Gasteiger partial charge on any atom is 0.255 e. The molecule has 0 aromatic heterocycles. The number of nitrogens with two attached hydrogens (primary N) is 1. The lowest BCUT2D eigenvalue weighted by atomic mass is 9.86. The number of nitrogen functional groups attached to an aromatic ring is 1. The van der Waals surface area contributed by atoms with Crippen LogP contribution in [0.1, 0.15) is 36.0 Å². The third-order valence-electron chi connectivity index (χ3n) is 3.86. The number of benzene rings is 1. The van der Waals surface area contributed by atoms with E-state index >= 15 is 0 Å². The Hall–Kier alpha value is -1.75. The van der Waals surface area contributed by atoms with Crippen molar-refractivity contribution >= 4 is 11.6 Å². The second kappa shape index (κ2) is 6.61. The smallest absolute Gasteiger partial charge is 0.255 e. The van der Waals surface area contributed by atoms with E-state index in [-0.39, 0.29) is 17.9 Å². The van der Waals surface area contributed by atoms with E-state index < -0.39 is 0 Å². The average molecular weight is 278 g/mol. The molecular formula is C15H22N2O3. The minimum Gasteiger partial charge on any atom is -0.496 e. The fourth-order valence-corrected chi connectivity index (χ4v) is 2.64. The van der Waals surface area contributed by atoms with Gasteiger partial charge in [0.1, 0.15) is 5.75 Å². The lowest BCUT2D eigenvalue weighted by molar-refractivity contribution is 0.0662. The molecule has 1 aromatic rings. The number of methoxy groups -OCH3 is 1. The summed E-state index contributed by atoms with van der Waals surface area (Å²) in [5, 5.41) is 12.8. The molecule has 1 aromatic carbocycles. The molecule has 0 saturated heterocycles. The lowest BCUT2D eigenvalue weighted by Gasteiger charge is -2.27. The fourth-order valence-electron chi connectivity index (χ4n) is 2.64. The second-order valence-corrected chi connectivity index (χ2v) is 5.28. The zero-order chi connectivity index (χ0) is 14.5. The molecule has 0 spiro atoms. The Morgan fingerprint density at radius 2 is 2.20 bits per heavy atom. The number of nitrogens with one attached hydrogen (secondary N) is 1. The van der Waals surface area contributed by atoms with Crippen LogP contribution >= 0.6 is 0 Å². The van der Waals surface area contributed by atoms with Gasteiger partial charge in [0.25, 0.3) is 5.91 Å². The molecule has 2 atom stereocenters. The van der Waals surface area contributed by atoms with Gasteiger partial charge >= 0.3 is 0 Å². The average Bonchev–Trinajstić information content (AvgIpc) is 2.46. The van der Waals surface area contributed by atoms with Crippen LogP contribution in [0.4, 0.5) is 5.69 Å². The summed E-state index contributed by atoms with van der Waals surface area (Å²) >= 11 is 0. The molecule has 0 heterocycles. The zero-order valence-electron chi connectivity index (χ0n) is 11.8. The molecule has 1 aliphatic rings. The van der Waals surface area contributed by atoms with Crippen LogP contribution in [0.3, 0.4) is 0 Å². The number of carbonyl (C=O) groups is 1. The van der Waals surface area contributed by atoms with E-state index in [0.717, 1.165) is 25.7 Å². The highest BCUT2D eigenvalue weighted by molar-refractivity contribution is 5.97. The number of amides is 1. The van der Waals surface area contributed by atoms with Crippen LogP contribution in [-0.4, -0.2) is 30.8 Å². The van der Waals surface area contributed by atoms with Crippen LogP contribution < -0.4 is 15.8 Å². The lowest BCUT2D eigenvalue weighted by Crippen LogP contribution is -2.36. The number of aliphatic hydroxyl groups excluding tert-OH is 1. The molecule has 1 saturated carbocycles. The number of hydrogen-bond donors (Lipinski definition) is 3. The van der Waals surface area contributed by atoms with Crippen molar-refractivity contribution in [1.29, 1.82) is 0 Å². The van der Waals surface area contributed by atoms with Crippen molar-refractivity contribution in [2.75, 3.05) is 19.4 Å². The molecule has 2 unspecified atom stereocenters. The van der Waals surface area contributed by atoms with E-state index in [0.29, 0.717) is 23.5 Å². The number of carbonyl (C=O) groups excluding carboxylic acids is 1. The van der Waals surface area contributed by atoms with Gasteiger partial charge in [-0.15, -0.1) is 0 Å². The molecule has 20 heavy (non-hydrogen) atoms. The van der Waals surface area contributed by atoms with Crippen molar-refractivity contribution in [3.8, 4) is 5.75 Å². The van der Waals surface area contributed by atoms with Crippen molar-refractivity contribution in [3.63, 3.8) is 0 Å². The van der Waals surface area contributed by atoms with Gasteiger partial charge in [-0.3, -0.25) is 4.79 Å². The SMILES string of the molecule is COc1cc(N)ccc1C(=O)NCC1CCCCC1O. The van der Waals surface area contributed by atoms with Crippen molar-refractivity contribution in [2.45, 2.75) is 31.8 Å². The summed E-state index contributed by atoms with van der Waals surface area (Å²) in [5.74, 6) is 0.416.